The molecule has 1 amide bonds. The molecule has 34 heavy (non-hydrogen) atoms. The van der Waals surface area contributed by atoms with E-state index in [9.17, 15) is 19.5 Å². The zero-order valence-electron chi connectivity index (χ0n) is 20.1. The van der Waals surface area contributed by atoms with Gasteiger partial charge in [-0.1, -0.05) is 56.3 Å². The molecule has 0 bridgehead atoms. The number of aromatic nitrogens is 1. The smallest absolute Gasteiger partial charge is 0.305 e. The van der Waals surface area contributed by atoms with Gasteiger partial charge in [-0.25, -0.2) is 0 Å². The van der Waals surface area contributed by atoms with Gasteiger partial charge in [-0.2, -0.15) is 0 Å². The molecule has 0 spiro atoms. The summed E-state index contributed by atoms with van der Waals surface area (Å²) in [5.74, 6) is -1.22. The summed E-state index contributed by atoms with van der Waals surface area (Å²) in [6, 6.07) is 17.1. The lowest BCUT2D eigenvalue weighted by Gasteiger charge is -2.25. The number of benzene rings is 2. The zero-order chi connectivity index (χ0) is 24.8. The van der Waals surface area contributed by atoms with Crippen molar-refractivity contribution in [2.45, 2.75) is 52.6 Å². The number of carboxylic acids is 1. The van der Waals surface area contributed by atoms with Crippen LogP contribution in [0.4, 0.5) is 0 Å². The standard InChI is InChI=1S/C28H32N2O4/c1-18(2)15-25(30-14-8-7-11-26(30)31)28(34)29-24(17-27(32)33)21-13-12-20(4)23(16-21)22-10-6-5-9-19(22)3/h5-14,16,18,24-25H,15,17H2,1-4H3,(H,29,34)(H,32,33)/t24-,25-/m0/s1. The Labute approximate surface area is 200 Å². The van der Waals surface area contributed by atoms with Crippen LogP contribution in [0.5, 0.6) is 0 Å². The zero-order valence-corrected chi connectivity index (χ0v) is 20.1. The summed E-state index contributed by atoms with van der Waals surface area (Å²) in [4.78, 5) is 37.6. The highest BCUT2D eigenvalue weighted by molar-refractivity contribution is 5.82. The summed E-state index contributed by atoms with van der Waals surface area (Å²) < 4.78 is 1.42. The van der Waals surface area contributed by atoms with E-state index in [2.05, 4.69) is 5.32 Å². The van der Waals surface area contributed by atoms with Crippen molar-refractivity contribution in [1.82, 2.24) is 9.88 Å². The minimum Gasteiger partial charge on any atom is -0.481 e. The summed E-state index contributed by atoms with van der Waals surface area (Å²) >= 11 is 0. The van der Waals surface area contributed by atoms with E-state index in [1.807, 2.05) is 70.2 Å². The number of hydrogen-bond donors (Lipinski definition) is 2. The van der Waals surface area contributed by atoms with Crippen molar-refractivity contribution >= 4 is 11.9 Å². The first-order valence-corrected chi connectivity index (χ1v) is 11.5. The first-order chi connectivity index (χ1) is 16.2. The van der Waals surface area contributed by atoms with Gasteiger partial charge in [0, 0.05) is 12.3 Å². The van der Waals surface area contributed by atoms with Crippen LogP contribution in [0, 0.1) is 19.8 Å². The van der Waals surface area contributed by atoms with Crippen LogP contribution >= 0.6 is 0 Å². The Hall–Kier alpha value is -3.67. The third kappa shape index (κ3) is 6.01. The quantitative estimate of drug-likeness (QED) is 0.468. The number of amides is 1. The fraction of sp³-hybridized carbons (Fsp3) is 0.321. The lowest BCUT2D eigenvalue weighted by molar-refractivity contribution is -0.138. The lowest BCUT2D eigenvalue weighted by atomic mass is 9.92. The van der Waals surface area contributed by atoms with Crippen molar-refractivity contribution in [3.05, 3.63) is 93.9 Å². The Bertz CT molecular complexity index is 1230. The van der Waals surface area contributed by atoms with Crippen molar-refractivity contribution < 1.29 is 14.7 Å². The fourth-order valence-corrected chi connectivity index (χ4v) is 4.21. The van der Waals surface area contributed by atoms with Crippen LogP contribution in [0.15, 0.2) is 71.7 Å². The van der Waals surface area contributed by atoms with Crippen molar-refractivity contribution in [2.24, 2.45) is 5.92 Å². The van der Waals surface area contributed by atoms with Crippen LogP contribution < -0.4 is 10.9 Å². The molecule has 3 aromatic rings. The molecular formula is C28H32N2O4. The fourth-order valence-electron chi connectivity index (χ4n) is 4.21. The molecule has 3 rings (SSSR count). The maximum atomic E-state index is 13.4. The summed E-state index contributed by atoms with van der Waals surface area (Å²) in [7, 11) is 0. The Kier molecular flexibility index (Phi) is 8.05. The number of hydrogen-bond acceptors (Lipinski definition) is 3. The second-order valence-electron chi connectivity index (χ2n) is 9.14. The van der Waals surface area contributed by atoms with Gasteiger partial charge in [0.05, 0.1) is 12.5 Å². The van der Waals surface area contributed by atoms with Gasteiger partial charge in [0.25, 0.3) is 5.56 Å². The van der Waals surface area contributed by atoms with Crippen molar-refractivity contribution in [3.8, 4) is 11.1 Å². The molecule has 1 heterocycles. The summed E-state index contributed by atoms with van der Waals surface area (Å²) in [6.07, 6.45) is 1.79. The number of aliphatic carboxylic acids is 1. The van der Waals surface area contributed by atoms with Crippen LogP contribution in [0.2, 0.25) is 0 Å². The highest BCUT2D eigenvalue weighted by atomic mass is 16.4. The molecule has 6 heteroatoms. The van der Waals surface area contributed by atoms with E-state index in [1.54, 1.807) is 18.3 Å². The Morgan fingerprint density at radius 2 is 1.62 bits per heavy atom. The third-order valence-corrected chi connectivity index (χ3v) is 5.98. The van der Waals surface area contributed by atoms with Gasteiger partial charge in [0.1, 0.15) is 6.04 Å². The van der Waals surface area contributed by atoms with Crippen LogP contribution in [-0.4, -0.2) is 21.6 Å². The highest BCUT2D eigenvalue weighted by Gasteiger charge is 2.27. The van der Waals surface area contributed by atoms with E-state index in [1.165, 1.54) is 10.6 Å². The van der Waals surface area contributed by atoms with Gasteiger partial charge in [-0.15, -0.1) is 0 Å². The highest BCUT2D eigenvalue weighted by Crippen LogP contribution is 2.30. The van der Waals surface area contributed by atoms with Gasteiger partial charge in [0.2, 0.25) is 5.91 Å². The molecule has 2 atom stereocenters. The minimum atomic E-state index is -1.01. The van der Waals surface area contributed by atoms with E-state index in [0.29, 0.717) is 12.0 Å². The molecule has 0 radical (unpaired) electrons. The molecule has 2 aromatic carbocycles. The van der Waals surface area contributed by atoms with Crippen molar-refractivity contribution in [1.29, 1.82) is 0 Å². The summed E-state index contributed by atoms with van der Waals surface area (Å²) in [5.41, 5.74) is 4.68. The average molecular weight is 461 g/mol. The number of pyridine rings is 1. The molecule has 0 aliphatic heterocycles. The molecule has 2 N–H and O–H groups in total. The molecule has 0 fully saturated rings. The Balaban J connectivity index is 1.99. The topological polar surface area (TPSA) is 88.4 Å². The first-order valence-electron chi connectivity index (χ1n) is 11.5. The predicted octanol–water partition coefficient (Wildman–Crippen LogP) is 5.05. The molecule has 1 aromatic heterocycles. The normalized spacial score (nSPS) is 12.9. The van der Waals surface area contributed by atoms with Gasteiger partial charge < -0.3 is 15.0 Å². The molecular weight excluding hydrogens is 428 g/mol. The molecule has 0 aliphatic rings. The number of nitrogens with zero attached hydrogens (tertiary/aromatic N) is 1. The number of aryl methyl sites for hydroxylation is 2. The van der Waals surface area contributed by atoms with Crippen LogP contribution in [0.3, 0.4) is 0 Å². The molecule has 178 valence electrons. The third-order valence-electron chi connectivity index (χ3n) is 5.98. The van der Waals surface area contributed by atoms with Gasteiger partial charge in [-0.05, 0) is 66.1 Å². The summed E-state index contributed by atoms with van der Waals surface area (Å²) in [5, 5.41) is 12.5. The van der Waals surface area contributed by atoms with Gasteiger partial charge in [-0.3, -0.25) is 14.4 Å². The second kappa shape index (κ2) is 11.0. The number of nitrogens with one attached hydrogen (secondary N) is 1. The van der Waals surface area contributed by atoms with Gasteiger partial charge in [0.15, 0.2) is 0 Å². The van der Waals surface area contributed by atoms with Crippen LogP contribution in [0.25, 0.3) is 11.1 Å². The van der Waals surface area contributed by atoms with E-state index in [4.69, 9.17) is 0 Å². The molecule has 0 aliphatic carbocycles. The molecule has 0 saturated heterocycles. The number of carbonyl (C=O) groups is 2. The Morgan fingerprint density at radius 3 is 2.26 bits per heavy atom. The minimum absolute atomic E-state index is 0.160. The maximum Gasteiger partial charge on any atom is 0.305 e. The predicted molar refractivity (Wildman–Crippen MR) is 134 cm³/mol. The number of rotatable bonds is 9. The monoisotopic (exact) mass is 460 g/mol. The van der Waals surface area contributed by atoms with Crippen molar-refractivity contribution in [2.75, 3.05) is 0 Å². The molecule has 0 unspecified atom stereocenters. The number of carbonyl (C=O) groups excluding carboxylic acids is 1. The molecule has 6 nitrogen and oxygen atoms in total. The first kappa shape index (κ1) is 25.0. The van der Waals surface area contributed by atoms with E-state index >= 15 is 0 Å². The Morgan fingerprint density at radius 1 is 0.941 bits per heavy atom. The maximum absolute atomic E-state index is 13.4. The van der Waals surface area contributed by atoms with E-state index < -0.39 is 18.1 Å². The lowest BCUT2D eigenvalue weighted by Crippen LogP contribution is -2.39. The van der Waals surface area contributed by atoms with E-state index in [-0.39, 0.29) is 23.8 Å². The SMILES string of the molecule is Cc1ccccc1-c1cc([C@H](CC(=O)O)NC(=O)[C@H](CC(C)C)n2ccccc2=O)ccc1C. The largest absolute Gasteiger partial charge is 0.481 e. The second-order valence-corrected chi connectivity index (χ2v) is 9.14. The van der Waals surface area contributed by atoms with E-state index in [0.717, 1.165) is 22.3 Å². The van der Waals surface area contributed by atoms with Gasteiger partial charge >= 0.3 is 5.97 Å². The number of carboxylic acid groups (broad SMARTS) is 1. The summed E-state index contributed by atoms with van der Waals surface area (Å²) in [6.45, 7) is 8.01. The van der Waals surface area contributed by atoms with Crippen molar-refractivity contribution in [3.63, 3.8) is 0 Å². The molecule has 0 saturated carbocycles. The van der Waals surface area contributed by atoms with Crippen LogP contribution in [0.1, 0.15) is 55.5 Å². The average Bonchev–Trinajstić information content (AvgIpc) is 2.78. The van der Waals surface area contributed by atoms with Crippen LogP contribution in [-0.2, 0) is 9.59 Å².